The first-order valence-electron chi connectivity index (χ1n) is 8.31. The summed E-state index contributed by atoms with van der Waals surface area (Å²) in [6.45, 7) is 5.34. The van der Waals surface area contributed by atoms with Gasteiger partial charge in [-0.25, -0.2) is 4.79 Å². The second kappa shape index (κ2) is 7.45. The lowest BCUT2D eigenvalue weighted by Crippen LogP contribution is -2.44. The number of carbonyl (C=O) groups excluding carboxylic acids is 1. The Kier molecular flexibility index (Phi) is 5.33. The molecule has 2 fully saturated rings. The Morgan fingerprint density at radius 1 is 1.30 bits per heavy atom. The molecule has 2 saturated heterocycles. The first-order valence-corrected chi connectivity index (χ1v) is 9.46. The molecule has 0 spiro atoms. The van der Waals surface area contributed by atoms with Crippen molar-refractivity contribution in [3.63, 3.8) is 0 Å². The number of carbonyl (C=O) groups is 1. The van der Waals surface area contributed by atoms with E-state index in [2.05, 4.69) is 22.3 Å². The van der Waals surface area contributed by atoms with Gasteiger partial charge in [0, 0.05) is 49.1 Å². The molecule has 2 N–H and O–H groups in total. The number of hydrogen-bond acceptors (Lipinski definition) is 4. The molecule has 2 aliphatic heterocycles. The number of thioether (sulfide) groups is 1. The molecule has 1 aromatic rings. The minimum absolute atomic E-state index is 0.117. The summed E-state index contributed by atoms with van der Waals surface area (Å²) in [7, 11) is 0. The molecular formula is C17H25N3O2S. The van der Waals surface area contributed by atoms with Crippen LogP contribution in [0.5, 0.6) is 0 Å². The number of anilines is 2. The Morgan fingerprint density at radius 3 is 2.78 bits per heavy atom. The summed E-state index contributed by atoms with van der Waals surface area (Å²) in [6, 6.07) is 6.11. The van der Waals surface area contributed by atoms with Crippen molar-refractivity contribution in [1.29, 1.82) is 0 Å². The molecule has 2 aliphatic rings. The number of nitrogens with zero attached hydrogens (tertiary/aromatic N) is 2. The van der Waals surface area contributed by atoms with Crippen molar-refractivity contribution in [2.24, 2.45) is 0 Å². The van der Waals surface area contributed by atoms with Gasteiger partial charge in [-0.2, -0.15) is 11.8 Å². The number of aliphatic hydroxyl groups is 1. The number of hydrogen-bond donors (Lipinski definition) is 2. The van der Waals surface area contributed by atoms with Gasteiger partial charge < -0.3 is 20.2 Å². The van der Waals surface area contributed by atoms with Crippen molar-refractivity contribution in [2.45, 2.75) is 25.9 Å². The zero-order chi connectivity index (χ0) is 16.2. The van der Waals surface area contributed by atoms with Gasteiger partial charge in [-0.15, -0.1) is 0 Å². The van der Waals surface area contributed by atoms with Gasteiger partial charge in [-0.1, -0.05) is 0 Å². The summed E-state index contributed by atoms with van der Waals surface area (Å²) in [5.41, 5.74) is 3.16. The number of urea groups is 1. The second-order valence-corrected chi connectivity index (χ2v) is 7.50. The van der Waals surface area contributed by atoms with E-state index < -0.39 is 6.10 Å². The lowest BCUT2D eigenvalue weighted by atomic mass is 10.1. The summed E-state index contributed by atoms with van der Waals surface area (Å²) in [5.74, 6) is 2.35. The largest absolute Gasteiger partial charge is 0.391 e. The molecule has 126 valence electrons. The molecule has 3 rings (SSSR count). The lowest BCUT2D eigenvalue weighted by molar-refractivity contribution is 0.0883. The maximum atomic E-state index is 12.3. The van der Waals surface area contributed by atoms with Gasteiger partial charge in [0.05, 0.1) is 6.10 Å². The lowest BCUT2D eigenvalue weighted by Gasteiger charge is -2.31. The zero-order valence-corrected chi connectivity index (χ0v) is 14.4. The summed E-state index contributed by atoms with van der Waals surface area (Å²) in [5, 5.41) is 12.7. The molecule has 0 aliphatic carbocycles. The zero-order valence-electron chi connectivity index (χ0n) is 13.6. The molecule has 5 nitrogen and oxygen atoms in total. The summed E-state index contributed by atoms with van der Waals surface area (Å²) < 4.78 is 0. The van der Waals surface area contributed by atoms with Gasteiger partial charge in [-0.05, 0) is 43.5 Å². The number of amides is 2. The Hall–Kier alpha value is -1.40. The van der Waals surface area contributed by atoms with Crippen LogP contribution < -0.4 is 10.2 Å². The maximum absolute atomic E-state index is 12.3. The van der Waals surface area contributed by atoms with E-state index in [0.717, 1.165) is 37.2 Å². The van der Waals surface area contributed by atoms with E-state index >= 15 is 0 Å². The minimum Gasteiger partial charge on any atom is -0.391 e. The van der Waals surface area contributed by atoms with Crippen LogP contribution in [0.4, 0.5) is 16.2 Å². The highest BCUT2D eigenvalue weighted by Gasteiger charge is 2.22. The molecule has 1 aromatic carbocycles. The van der Waals surface area contributed by atoms with Crippen LogP contribution >= 0.6 is 11.8 Å². The fourth-order valence-electron chi connectivity index (χ4n) is 3.14. The van der Waals surface area contributed by atoms with E-state index in [0.29, 0.717) is 13.1 Å². The van der Waals surface area contributed by atoms with Gasteiger partial charge in [0.1, 0.15) is 0 Å². The van der Waals surface area contributed by atoms with Gasteiger partial charge in [0.2, 0.25) is 0 Å². The van der Waals surface area contributed by atoms with Crippen molar-refractivity contribution in [2.75, 3.05) is 47.9 Å². The third-order valence-corrected chi connectivity index (χ3v) is 5.45. The van der Waals surface area contributed by atoms with Crippen molar-refractivity contribution in [3.8, 4) is 0 Å². The molecule has 0 saturated carbocycles. The quantitative estimate of drug-likeness (QED) is 0.872. The molecule has 0 unspecified atom stereocenters. The van der Waals surface area contributed by atoms with E-state index in [1.165, 1.54) is 17.2 Å². The highest BCUT2D eigenvalue weighted by molar-refractivity contribution is 7.99. The number of β-amino-alcohol motifs (C(OH)–C–C–N with tert-alkyl or cyclic N) is 1. The van der Waals surface area contributed by atoms with Crippen molar-refractivity contribution < 1.29 is 9.90 Å². The fourth-order valence-corrected chi connectivity index (χ4v) is 4.04. The second-order valence-electron chi connectivity index (χ2n) is 6.27. The monoisotopic (exact) mass is 335 g/mol. The van der Waals surface area contributed by atoms with Crippen LogP contribution in [-0.2, 0) is 0 Å². The molecule has 0 bridgehead atoms. The standard InChI is InChI=1S/C17H25N3O2S/c1-13-11-14(19-7-9-23-10-8-19)4-5-16(13)18-17(22)20-6-2-3-15(21)12-20/h4-5,11,15,21H,2-3,6-10,12H2,1H3,(H,18,22)/t15-/m1/s1. The molecule has 6 heteroatoms. The van der Waals surface area contributed by atoms with E-state index in [1.807, 2.05) is 24.8 Å². The van der Waals surface area contributed by atoms with Crippen molar-refractivity contribution in [1.82, 2.24) is 4.90 Å². The summed E-state index contributed by atoms with van der Waals surface area (Å²) >= 11 is 2.00. The highest BCUT2D eigenvalue weighted by Crippen LogP contribution is 2.25. The maximum Gasteiger partial charge on any atom is 0.321 e. The Bertz CT molecular complexity index is 561. The third-order valence-electron chi connectivity index (χ3n) is 4.51. The van der Waals surface area contributed by atoms with Gasteiger partial charge in [-0.3, -0.25) is 0 Å². The third kappa shape index (κ3) is 4.12. The average molecular weight is 335 g/mol. The smallest absolute Gasteiger partial charge is 0.321 e. The van der Waals surface area contributed by atoms with Crippen LogP contribution in [0.25, 0.3) is 0 Å². The van der Waals surface area contributed by atoms with Crippen LogP contribution in [0.15, 0.2) is 18.2 Å². The van der Waals surface area contributed by atoms with Crippen molar-refractivity contribution >= 4 is 29.2 Å². The number of aliphatic hydroxyl groups excluding tert-OH is 1. The van der Waals surface area contributed by atoms with Crippen LogP contribution in [0.2, 0.25) is 0 Å². The molecular weight excluding hydrogens is 310 g/mol. The number of piperidine rings is 1. The number of nitrogens with one attached hydrogen (secondary N) is 1. The van der Waals surface area contributed by atoms with Crippen LogP contribution in [-0.4, -0.2) is 59.8 Å². The first kappa shape index (κ1) is 16.5. The Morgan fingerprint density at radius 2 is 2.09 bits per heavy atom. The fraction of sp³-hybridized carbons (Fsp3) is 0.588. The predicted octanol–water partition coefficient (Wildman–Crippen LogP) is 2.54. The number of rotatable bonds is 2. The number of benzene rings is 1. The topological polar surface area (TPSA) is 55.8 Å². The van der Waals surface area contributed by atoms with Crippen LogP contribution in [0.3, 0.4) is 0 Å². The van der Waals surface area contributed by atoms with Crippen LogP contribution in [0, 0.1) is 6.92 Å². The summed E-state index contributed by atoms with van der Waals surface area (Å²) in [4.78, 5) is 16.4. The Balaban J connectivity index is 1.64. The van der Waals surface area contributed by atoms with E-state index in [4.69, 9.17) is 0 Å². The van der Waals surface area contributed by atoms with Gasteiger partial charge in [0.25, 0.3) is 0 Å². The molecule has 1 atom stereocenters. The molecule has 0 radical (unpaired) electrons. The number of likely N-dealkylation sites (tertiary alicyclic amines) is 1. The molecule has 23 heavy (non-hydrogen) atoms. The molecule has 2 heterocycles. The average Bonchev–Trinajstić information content (AvgIpc) is 2.57. The van der Waals surface area contributed by atoms with Gasteiger partial charge in [0.15, 0.2) is 0 Å². The van der Waals surface area contributed by atoms with E-state index in [-0.39, 0.29) is 6.03 Å². The first-order chi connectivity index (χ1) is 11.1. The normalized spacial score (nSPS) is 22.1. The predicted molar refractivity (Wildman–Crippen MR) is 96.5 cm³/mol. The minimum atomic E-state index is -0.394. The van der Waals surface area contributed by atoms with E-state index in [9.17, 15) is 9.90 Å². The Labute approximate surface area is 142 Å². The SMILES string of the molecule is Cc1cc(N2CCSCC2)ccc1NC(=O)N1CCC[C@@H](O)C1. The number of aryl methyl sites for hydroxylation is 1. The summed E-state index contributed by atoms with van der Waals surface area (Å²) in [6.07, 6.45) is 1.25. The van der Waals surface area contributed by atoms with Crippen LogP contribution in [0.1, 0.15) is 18.4 Å². The highest BCUT2D eigenvalue weighted by atomic mass is 32.2. The van der Waals surface area contributed by atoms with Gasteiger partial charge >= 0.3 is 6.03 Å². The molecule has 0 aromatic heterocycles. The van der Waals surface area contributed by atoms with Crippen molar-refractivity contribution in [3.05, 3.63) is 23.8 Å². The van der Waals surface area contributed by atoms with E-state index in [1.54, 1.807) is 4.90 Å². The molecule has 2 amide bonds.